The average Bonchev–Trinajstić information content (AvgIpc) is 2.45. The number of nitrogen functional groups attached to an aromatic ring is 1. The quantitative estimate of drug-likeness (QED) is 0.717. The molecule has 0 fully saturated rings. The summed E-state index contributed by atoms with van der Waals surface area (Å²) in [6, 6.07) is 1.33. The fraction of sp³-hybridized carbons (Fsp3) is 0.333. The van der Waals surface area contributed by atoms with Crippen LogP contribution < -0.4 is 16.2 Å². The van der Waals surface area contributed by atoms with Gasteiger partial charge in [0.05, 0.1) is 5.69 Å². The topological polar surface area (TPSA) is 98.2 Å². The van der Waals surface area contributed by atoms with E-state index in [1.54, 1.807) is 0 Å². The molecule has 14 heavy (non-hydrogen) atoms. The molecule has 0 bridgehead atoms. The number of hydrogen-bond acceptors (Lipinski definition) is 5. The molecule has 1 aromatic heterocycles. The fourth-order valence-electron chi connectivity index (χ4n) is 0.757. The Kier molecular flexibility index (Phi) is 3.73. The van der Waals surface area contributed by atoms with Crippen molar-refractivity contribution in [1.82, 2.24) is 4.72 Å². The van der Waals surface area contributed by atoms with Crippen LogP contribution in [0, 0.1) is 0 Å². The molecule has 0 atom stereocenters. The summed E-state index contributed by atoms with van der Waals surface area (Å²) >= 11 is 6.57. The van der Waals surface area contributed by atoms with E-state index in [1.807, 2.05) is 0 Å². The third kappa shape index (κ3) is 2.58. The molecule has 1 rings (SSSR count). The van der Waals surface area contributed by atoms with Gasteiger partial charge in [0.15, 0.2) is 0 Å². The van der Waals surface area contributed by atoms with Crippen molar-refractivity contribution in [3.63, 3.8) is 0 Å². The largest absolute Gasteiger partial charge is 0.397 e. The minimum atomic E-state index is -3.50. The number of thiophene rings is 1. The summed E-state index contributed by atoms with van der Waals surface area (Å²) < 4.78 is 25.7. The summed E-state index contributed by atoms with van der Waals surface area (Å²) in [6.07, 6.45) is 0. The molecule has 0 unspecified atom stereocenters. The molecule has 1 heterocycles. The van der Waals surface area contributed by atoms with Crippen LogP contribution in [0.5, 0.6) is 0 Å². The predicted octanol–water partition coefficient (Wildman–Crippen LogP) is 0.221. The molecular weight excluding hydrogens is 246 g/mol. The number of anilines is 1. The standard InChI is InChI=1S/C6H10ClN3O2S2/c7-6-4(9)3-5(13-6)14(11,12)10-2-1-8/h3,10H,1-2,8-9H2. The van der Waals surface area contributed by atoms with Crippen molar-refractivity contribution in [3.8, 4) is 0 Å². The van der Waals surface area contributed by atoms with Gasteiger partial charge in [0, 0.05) is 13.1 Å². The van der Waals surface area contributed by atoms with Crippen LogP contribution in [-0.4, -0.2) is 21.5 Å². The molecule has 0 amide bonds. The van der Waals surface area contributed by atoms with Gasteiger partial charge in [-0.15, -0.1) is 11.3 Å². The molecule has 0 aliphatic carbocycles. The number of nitrogens with two attached hydrogens (primary N) is 2. The molecular formula is C6H10ClN3O2S2. The van der Waals surface area contributed by atoms with Crippen molar-refractivity contribution in [3.05, 3.63) is 10.4 Å². The first-order valence-corrected chi connectivity index (χ1v) is 6.39. The molecule has 1 aromatic rings. The second kappa shape index (κ2) is 4.45. The van der Waals surface area contributed by atoms with Crippen molar-refractivity contribution < 1.29 is 8.42 Å². The summed E-state index contributed by atoms with van der Waals surface area (Å²) in [5, 5.41) is 0. The van der Waals surface area contributed by atoms with E-state index < -0.39 is 10.0 Å². The maximum Gasteiger partial charge on any atom is 0.250 e. The van der Waals surface area contributed by atoms with Crippen LogP contribution >= 0.6 is 22.9 Å². The molecule has 0 aromatic carbocycles. The van der Waals surface area contributed by atoms with Crippen LogP contribution in [0.15, 0.2) is 10.3 Å². The monoisotopic (exact) mass is 255 g/mol. The highest BCUT2D eigenvalue weighted by atomic mass is 35.5. The van der Waals surface area contributed by atoms with E-state index in [2.05, 4.69) is 4.72 Å². The highest BCUT2D eigenvalue weighted by Gasteiger charge is 2.17. The first kappa shape index (κ1) is 11.7. The molecule has 0 aliphatic heterocycles. The predicted molar refractivity (Wildman–Crippen MR) is 58.0 cm³/mol. The van der Waals surface area contributed by atoms with Crippen LogP contribution in [0.3, 0.4) is 0 Å². The van der Waals surface area contributed by atoms with Gasteiger partial charge in [-0.2, -0.15) is 0 Å². The Morgan fingerprint density at radius 3 is 2.64 bits per heavy atom. The highest BCUT2D eigenvalue weighted by Crippen LogP contribution is 2.32. The Balaban J connectivity index is 2.93. The van der Waals surface area contributed by atoms with Crippen molar-refractivity contribution in [2.24, 2.45) is 5.73 Å². The van der Waals surface area contributed by atoms with E-state index in [0.717, 1.165) is 11.3 Å². The zero-order valence-corrected chi connectivity index (χ0v) is 9.55. The zero-order chi connectivity index (χ0) is 10.8. The van der Waals surface area contributed by atoms with E-state index >= 15 is 0 Å². The summed E-state index contributed by atoms with van der Waals surface area (Å²) in [7, 11) is -3.50. The first-order valence-electron chi connectivity index (χ1n) is 3.72. The third-order valence-electron chi connectivity index (χ3n) is 1.39. The lowest BCUT2D eigenvalue weighted by Crippen LogP contribution is -2.28. The highest BCUT2D eigenvalue weighted by molar-refractivity contribution is 7.91. The van der Waals surface area contributed by atoms with E-state index in [4.69, 9.17) is 23.1 Å². The van der Waals surface area contributed by atoms with Crippen LogP contribution in [-0.2, 0) is 10.0 Å². The van der Waals surface area contributed by atoms with Gasteiger partial charge in [0.1, 0.15) is 8.55 Å². The molecule has 0 saturated carbocycles. The molecule has 0 aliphatic rings. The van der Waals surface area contributed by atoms with Gasteiger partial charge >= 0.3 is 0 Å². The molecule has 5 nitrogen and oxygen atoms in total. The smallest absolute Gasteiger partial charge is 0.250 e. The minimum absolute atomic E-state index is 0.105. The Labute approximate surface area is 91.1 Å². The summed E-state index contributed by atoms with van der Waals surface area (Å²) in [5.41, 5.74) is 10.9. The number of rotatable bonds is 4. The summed E-state index contributed by atoms with van der Waals surface area (Å²) in [4.78, 5) is 0. The maximum absolute atomic E-state index is 11.5. The normalized spacial score (nSPS) is 11.9. The van der Waals surface area contributed by atoms with Crippen LogP contribution in [0.2, 0.25) is 4.34 Å². The lowest BCUT2D eigenvalue weighted by Gasteiger charge is -2.01. The molecule has 0 radical (unpaired) electrons. The van der Waals surface area contributed by atoms with Crippen LogP contribution in [0.4, 0.5) is 5.69 Å². The van der Waals surface area contributed by atoms with Gasteiger partial charge in [-0.25, -0.2) is 13.1 Å². The Morgan fingerprint density at radius 2 is 2.21 bits per heavy atom. The Bertz CT molecular complexity index is 395. The van der Waals surface area contributed by atoms with Crippen molar-refractivity contribution >= 4 is 38.6 Å². The minimum Gasteiger partial charge on any atom is -0.397 e. The lowest BCUT2D eigenvalue weighted by molar-refractivity contribution is 0.584. The number of sulfonamides is 1. The summed E-state index contributed by atoms with van der Waals surface area (Å²) in [5.74, 6) is 0. The Hall–Kier alpha value is -0.340. The van der Waals surface area contributed by atoms with Gasteiger partial charge in [-0.05, 0) is 6.07 Å². The van der Waals surface area contributed by atoms with E-state index in [1.165, 1.54) is 6.07 Å². The van der Waals surface area contributed by atoms with Gasteiger partial charge in [0.25, 0.3) is 0 Å². The van der Waals surface area contributed by atoms with E-state index in [0.29, 0.717) is 0 Å². The van der Waals surface area contributed by atoms with Crippen molar-refractivity contribution in [2.75, 3.05) is 18.8 Å². The molecule has 8 heteroatoms. The van der Waals surface area contributed by atoms with Gasteiger partial charge in [-0.1, -0.05) is 11.6 Å². The molecule has 0 saturated heterocycles. The third-order valence-corrected chi connectivity index (χ3v) is 4.72. The summed E-state index contributed by atoms with van der Waals surface area (Å²) in [6.45, 7) is 0.436. The SMILES string of the molecule is NCCNS(=O)(=O)c1cc(N)c(Cl)s1. The zero-order valence-electron chi connectivity index (χ0n) is 7.16. The maximum atomic E-state index is 11.5. The Morgan fingerprint density at radius 1 is 1.57 bits per heavy atom. The fourth-order valence-corrected chi connectivity index (χ4v) is 3.41. The second-order valence-electron chi connectivity index (χ2n) is 2.48. The molecule has 80 valence electrons. The second-order valence-corrected chi connectivity index (χ2v) is 6.13. The van der Waals surface area contributed by atoms with Gasteiger partial charge < -0.3 is 11.5 Å². The molecule has 5 N–H and O–H groups in total. The number of hydrogen-bond donors (Lipinski definition) is 3. The molecule has 0 spiro atoms. The van der Waals surface area contributed by atoms with Crippen molar-refractivity contribution in [2.45, 2.75) is 4.21 Å². The van der Waals surface area contributed by atoms with Gasteiger partial charge in [0.2, 0.25) is 10.0 Å². The van der Waals surface area contributed by atoms with Gasteiger partial charge in [-0.3, -0.25) is 0 Å². The average molecular weight is 256 g/mol. The van der Waals surface area contributed by atoms with E-state index in [9.17, 15) is 8.42 Å². The number of halogens is 1. The van der Waals surface area contributed by atoms with Crippen molar-refractivity contribution in [1.29, 1.82) is 0 Å². The van der Waals surface area contributed by atoms with E-state index in [-0.39, 0.29) is 27.3 Å². The van der Waals surface area contributed by atoms with Crippen LogP contribution in [0.1, 0.15) is 0 Å². The number of nitrogens with one attached hydrogen (secondary N) is 1. The van der Waals surface area contributed by atoms with Crippen LogP contribution in [0.25, 0.3) is 0 Å². The first-order chi connectivity index (χ1) is 6.47. The lowest BCUT2D eigenvalue weighted by atomic mass is 10.6.